The standard InChI is InChI=1S/C17H12Cl2F2N2O2/c18-11-2-4-15(12(19)6-11)22-16(24)10-7-23(8-10)17(25)9-1-3-13(20)14(21)5-9/h1-6,10H,7-8H2,(H,22,24). The minimum Gasteiger partial charge on any atom is -0.337 e. The Labute approximate surface area is 152 Å². The highest BCUT2D eigenvalue weighted by molar-refractivity contribution is 6.36. The Morgan fingerprint density at radius 2 is 1.76 bits per heavy atom. The van der Waals surface area contributed by atoms with E-state index < -0.39 is 23.5 Å². The van der Waals surface area contributed by atoms with Crippen LogP contribution in [0.5, 0.6) is 0 Å². The van der Waals surface area contributed by atoms with E-state index in [9.17, 15) is 18.4 Å². The van der Waals surface area contributed by atoms with Crippen LogP contribution in [0.1, 0.15) is 10.4 Å². The zero-order valence-electron chi connectivity index (χ0n) is 12.7. The molecule has 1 fully saturated rings. The zero-order chi connectivity index (χ0) is 18.1. The third-order valence-corrected chi connectivity index (χ3v) is 4.44. The van der Waals surface area contributed by atoms with Gasteiger partial charge in [-0.15, -0.1) is 0 Å². The summed E-state index contributed by atoms with van der Waals surface area (Å²) in [5, 5.41) is 3.45. The minimum absolute atomic E-state index is 0.0403. The molecule has 0 atom stereocenters. The van der Waals surface area contributed by atoms with E-state index in [2.05, 4.69) is 5.32 Å². The summed E-state index contributed by atoms with van der Waals surface area (Å²) in [5.41, 5.74) is 0.472. The molecule has 0 unspecified atom stereocenters. The molecule has 2 aromatic rings. The highest BCUT2D eigenvalue weighted by Gasteiger charge is 2.36. The van der Waals surface area contributed by atoms with Gasteiger partial charge in [0, 0.05) is 23.7 Å². The summed E-state index contributed by atoms with van der Waals surface area (Å²) >= 11 is 11.8. The largest absolute Gasteiger partial charge is 0.337 e. The number of halogens is 4. The predicted molar refractivity (Wildman–Crippen MR) is 90.8 cm³/mol. The van der Waals surface area contributed by atoms with Crippen LogP contribution < -0.4 is 5.32 Å². The quantitative estimate of drug-likeness (QED) is 0.869. The van der Waals surface area contributed by atoms with Crippen LogP contribution in [0.25, 0.3) is 0 Å². The molecule has 1 heterocycles. The molecule has 0 radical (unpaired) electrons. The number of carbonyl (C=O) groups excluding carboxylic acids is 2. The van der Waals surface area contributed by atoms with E-state index in [1.807, 2.05) is 0 Å². The third kappa shape index (κ3) is 3.75. The number of rotatable bonds is 3. The van der Waals surface area contributed by atoms with E-state index in [1.54, 1.807) is 12.1 Å². The molecule has 8 heteroatoms. The second-order valence-corrected chi connectivity index (χ2v) is 6.49. The van der Waals surface area contributed by atoms with Gasteiger partial charge in [-0.05, 0) is 36.4 Å². The van der Waals surface area contributed by atoms with Crippen molar-refractivity contribution in [2.24, 2.45) is 5.92 Å². The lowest BCUT2D eigenvalue weighted by atomic mass is 9.97. The van der Waals surface area contributed by atoms with E-state index >= 15 is 0 Å². The molecule has 0 spiro atoms. The average Bonchev–Trinajstić information content (AvgIpc) is 2.51. The number of nitrogens with zero attached hydrogens (tertiary/aromatic N) is 1. The summed E-state index contributed by atoms with van der Waals surface area (Å²) in [7, 11) is 0. The Balaban J connectivity index is 1.58. The van der Waals surface area contributed by atoms with Crippen LogP contribution in [0.3, 0.4) is 0 Å². The Morgan fingerprint density at radius 1 is 1.04 bits per heavy atom. The van der Waals surface area contributed by atoms with Crippen LogP contribution >= 0.6 is 23.2 Å². The lowest BCUT2D eigenvalue weighted by Crippen LogP contribution is -2.54. The summed E-state index contributed by atoms with van der Waals surface area (Å²) in [6.07, 6.45) is 0. The fourth-order valence-corrected chi connectivity index (χ4v) is 2.90. The summed E-state index contributed by atoms with van der Waals surface area (Å²) in [5.74, 6) is -3.23. The normalized spacial score (nSPS) is 14.2. The Morgan fingerprint density at radius 3 is 2.40 bits per heavy atom. The smallest absolute Gasteiger partial charge is 0.254 e. The van der Waals surface area contributed by atoms with Crippen LogP contribution in [-0.2, 0) is 4.79 Å². The molecule has 1 saturated heterocycles. The highest BCUT2D eigenvalue weighted by atomic mass is 35.5. The maximum absolute atomic E-state index is 13.2. The number of nitrogens with one attached hydrogen (secondary N) is 1. The first-order chi connectivity index (χ1) is 11.8. The molecule has 1 aliphatic rings. The van der Waals surface area contributed by atoms with Crippen LogP contribution in [0.15, 0.2) is 36.4 Å². The van der Waals surface area contributed by atoms with Crippen molar-refractivity contribution in [2.75, 3.05) is 18.4 Å². The van der Waals surface area contributed by atoms with Gasteiger partial charge in [-0.3, -0.25) is 9.59 Å². The maximum Gasteiger partial charge on any atom is 0.254 e. The lowest BCUT2D eigenvalue weighted by molar-refractivity contribution is -0.123. The third-order valence-electron chi connectivity index (χ3n) is 3.90. The SMILES string of the molecule is O=C(Nc1ccc(Cl)cc1Cl)C1CN(C(=O)c2ccc(F)c(F)c2)C1. The van der Waals surface area contributed by atoms with Crippen molar-refractivity contribution in [3.05, 3.63) is 63.6 Å². The summed E-state index contributed by atoms with van der Waals surface area (Å²) in [6.45, 7) is 0.379. The second-order valence-electron chi connectivity index (χ2n) is 5.65. The van der Waals surface area contributed by atoms with E-state index in [1.165, 1.54) is 17.0 Å². The number of amides is 2. The molecule has 2 amide bonds. The molecule has 2 aromatic carbocycles. The van der Waals surface area contributed by atoms with Crippen LogP contribution in [-0.4, -0.2) is 29.8 Å². The van der Waals surface area contributed by atoms with Gasteiger partial charge in [-0.25, -0.2) is 8.78 Å². The number of hydrogen-bond donors (Lipinski definition) is 1. The molecular formula is C17H12Cl2F2N2O2. The maximum atomic E-state index is 13.2. The van der Waals surface area contributed by atoms with Crippen molar-refractivity contribution in [1.82, 2.24) is 4.90 Å². The van der Waals surface area contributed by atoms with Crippen molar-refractivity contribution >= 4 is 40.7 Å². The van der Waals surface area contributed by atoms with Crippen LogP contribution in [0, 0.1) is 17.6 Å². The molecule has 3 rings (SSSR count). The fraction of sp³-hybridized carbons (Fsp3) is 0.176. The van der Waals surface area contributed by atoms with Crippen molar-refractivity contribution in [3.8, 4) is 0 Å². The number of benzene rings is 2. The van der Waals surface area contributed by atoms with Crippen molar-refractivity contribution in [2.45, 2.75) is 0 Å². The monoisotopic (exact) mass is 384 g/mol. The predicted octanol–water partition coefficient (Wildman–Crippen LogP) is 3.98. The molecule has 0 saturated carbocycles. The van der Waals surface area contributed by atoms with Gasteiger partial charge in [0.1, 0.15) is 0 Å². The first kappa shape index (κ1) is 17.6. The minimum atomic E-state index is -1.09. The Hall–Kier alpha value is -2.18. The van der Waals surface area contributed by atoms with E-state index in [0.29, 0.717) is 15.7 Å². The fourth-order valence-electron chi connectivity index (χ4n) is 2.45. The van der Waals surface area contributed by atoms with E-state index in [4.69, 9.17) is 23.2 Å². The van der Waals surface area contributed by atoms with Gasteiger partial charge < -0.3 is 10.2 Å². The average molecular weight is 385 g/mol. The van der Waals surface area contributed by atoms with Crippen LogP contribution in [0.2, 0.25) is 10.0 Å². The summed E-state index contributed by atoms with van der Waals surface area (Å²) in [4.78, 5) is 25.8. The van der Waals surface area contributed by atoms with E-state index in [0.717, 1.165) is 12.1 Å². The summed E-state index contributed by atoms with van der Waals surface area (Å²) in [6, 6.07) is 7.65. The number of likely N-dealkylation sites (tertiary alicyclic amines) is 1. The number of hydrogen-bond acceptors (Lipinski definition) is 2. The lowest BCUT2D eigenvalue weighted by Gasteiger charge is -2.38. The van der Waals surface area contributed by atoms with Gasteiger partial charge in [-0.1, -0.05) is 23.2 Å². The van der Waals surface area contributed by atoms with Crippen molar-refractivity contribution in [3.63, 3.8) is 0 Å². The van der Waals surface area contributed by atoms with Gasteiger partial charge in [0.15, 0.2) is 11.6 Å². The molecule has 0 aliphatic carbocycles. The molecular weight excluding hydrogens is 373 g/mol. The van der Waals surface area contributed by atoms with Gasteiger partial charge in [0.05, 0.1) is 16.6 Å². The topological polar surface area (TPSA) is 49.4 Å². The molecule has 1 aliphatic heterocycles. The second kappa shape index (κ2) is 6.98. The van der Waals surface area contributed by atoms with E-state index in [-0.39, 0.29) is 24.6 Å². The highest BCUT2D eigenvalue weighted by Crippen LogP contribution is 2.27. The zero-order valence-corrected chi connectivity index (χ0v) is 14.2. The number of carbonyl (C=O) groups is 2. The molecule has 4 nitrogen and oxygen atoms in total. The molecule has 25 heavy (non-hydrogen) atoms. The molecule has 130 valence electrons. The Bertz CT molecular complexity index is 855. The van der Waals surface area contributed by atoms with Gasteiger partial charge in [0.25, 0.3) is 5.91 Å². The number of anilines is 1. The summed E-state index contributed by atoms with van der Waals surface area (Å²) < 4.78 is 26.1. The van der Waals surface area contributed by atoms with Crippen molar-refractivity contribution in [1.29, 1.82) is 0 Å². The molecule has 0 aromatic heterocycles. The van der Waals surface area contributed by atoms with Gasteiger partial charge >= 0.3 is 0 Å². The van der Waals surface area contributed by atoms with Crippen LogP contribution in [0.4, 0.5) is 14.5 Å². The molecule has 0 bridgehead atoms. The van der Waals surface area contributed by atoms with Gasteiger partial charge in [0.2, 0.25) is 5.91 Å². The Kier molecular flexibility index (Phi) is 4.92. The molecule has 1 N–H and O–H groups in total. The van der Waals surface area contributed by atoms with Crippen molar-refractivity contribution < 1.29 is 18.4 Å². The first-order valence-electron chi connectivity index (χ1n) is 7.35. The van der Waals surface area contributed by atoms with Gasteiger partial charge in [-0.2, -0.15) is 0 Å². The first-order valence-corrected chi connectivity index (χ1v) is 8.11.